The zero-order valence-electron chi connectivity index (χ0n) is 14.7. The number of hydrogen-bond acceptors (Lipinski definition) is 5. The summed E-state index contributed by atoms with van der Waals surface area (Å²) in [5, 5.41) is 2.39. The van der Waals surface area contributed by atoms with Gasteiger partial charge in [0.15, 0.2) is 9.84 Å². The predicted octanol–water partition coefficient (Wildman–Crippen LogP) is 2.16. The Hall–Kier alpha value is -1.54. The second kappa shape index (κ2) is 8.23. The Labute approximate surface area is 153 Å². The van der Waals surface area contributed by atoms with Crippen LogP contribution in [0.4, 0.5) is 5.69 Å². The molecule has 8 heteroatoms. The summed E-state index contributed by atoms with van der Waals surface area (Å²) < 4.78 is 23.4. The van der Waals surface area contributed by atoms with Crippen molar-refractivity contribution in [1.82, 2.24) is 4.90 Å². The SMILES string of the molecule is CCN(C(=O)[C@H](C)Sc1ccc(NC(C)=O)cc1)[C@@H]1CCS(=O)(=O)C1. The highest BCUT2D eigenvalue weighted by Crippen LogP contribution is 2.27. The van der Waals surface area contributed by atoms with Gasteiger partial charge in [0.1, 0.15) is 0 Å². The van der Waals surface area contributed by atoms with E-state index in [1.807, 2.05) is 26.0 Å². The third-order valence-corrected chi connectivity index (χ3v) is 6.96. The van der Waals surface area contributed by atoms with Crippen LogP contribution in [0.2, 0.25) is 0 Å². The van der Waals surface area contributed by atoms with Gasteiger partial charge in [0.05, 0.1) is 16.8 Å². The molecule has 0 aliphatic carbocycles. The van der Waals surface area contributed by atoms with Crippen molar-refractivity contribution in [3.63, 3.8) is 0 Å². The summed E-state index contributed by atoms with van der Waals surface area (Å²) in [6.07, 6.45) is 0.519. The monoisotopic (exact) mass is 384 g/mol. The van der Waals surface area contributed by atoms with Crippen LogP contribution < -0.4 is 5.32 Å². The molecule has 0 bridgehead atoms. The van der Waals surface area contributed by atoms with Crippen molar-refractivity contribution in [1.29, 1.82) is 0 Å². The number of anilines is 1. The van der Waals surface area contributed by atoms with E-state index in [-0.39, 0.29) is 34.6 Å². The lowest BCUT2D eigenvalue weighted by Gasteiger charge is -2.29. The van der Waals surface area contributed by atoms with Gasteiger partial charge in [0.2, 0.25) is 11.8 Å². The van der Waals surface area contributed by atoms with Crippen LogP contribution in [0.25, 0.3) is 0 Å². The number of carbonyl (C=O) groups excluding carboxylic acids is 2. The van der Waals surface area contributed by atoms with Crippen molar-refractivity contribution >= 4 is 39.1 Å². The standard InChI is InChI=1S/C17H24N2O4S2/c1-4-19(15-9-10-25(22,23)11-15)17(21)12(2)24-16-7-5-14(6-8-16)18-13(3)20/h5-8,12,15H,4,9-11H2,1-3H3,(H,18,20)/t12-,15+/m0/s1. The number of hydrogen-bond donors (Lipinski definition) is 1. The Bertz CT molecular complexity index is 732. The van der Waals surface area contributed by atoms with E-state index in [0.29, 0.717) is 18.7 Å². The van der Waals surface area contributed by atoms with Crippen LogP contribution >= 0.6 is 11.8 Å². The van der Waals surface area contributed by atoms with E-state index in [9.17, 15) is 18.0 Å². The van der Waals surface area contributed by atoms with Gasteiger partial charge in [-0.15, -0.1) is 11.8 Å². The Morgan fingerprint density at radius 2 is 1.96 bits per heavy atom. The highest BCUT2D eigenvalue weighted by molar-refractivity contribution is 8.00. The van der Waals surface area contributed by atoms with Gasteiger partial charge in [-0.2, -0.15) is 0 Å². The van der Waals surface area contributed by atoms with E-state index < -0.39 is 9.84 Å². The van der Waals surface area contributed by atoms with E-state index in [0.717, 1.165) is 4.90 Å². The molecule has 1 aliphatic rings. The van der Waals surface area contributed by atoms with Crippen molar-refractivity contribution in [2.45, 2.75) is 43.4 Å². The molecule has 1 fully saturated rings. The minimum Gasteiger partial charge on any atom is -0.338 e. The number of nitrogens with one attached hydrogen (secondary N) is 1. The summed E-state index contributed by atoms with van der Waals surface area (Å²) in [6.45, 7) is 5.67. The molecule has 1 aromatic rings. The highest BCUT2D eigenvalue weighted by Gasteiger charge is 2.35. The first-order chi connectivity index (χ1) is 11.7. The van der Waals surface area contributed by atoms with Crippen molar-refractivity contribution in [2.75, 3.05) is 23.4 Å². The summed E-state index contributed by atoms with van der Waals surface area (Å²) in [4.78, 5) is 26.4. The Kier molecular flexibility index (Phi) is 6.51. The van der Waals surface area contributed by atoms with Crippen molar-refractivity contribution in [3.05, 3.63) is 24.3 Å². The smallest absolute Gasteiger partial charge is 0.236 e. The number of carbonyl (C=O) groups is 2. The van der Waals surface area contributed by atoms with Gasteiger partial charge < -0.3 is 10.2 Å². The lowest BCUT2D eigenvalue weighted by atomic mass is 10.2. The average molecular weight is 385 g/mol. The molecule has 1 aromatic carbocycles. The zero-order chi connectivity index (χ0) is 18.6. The molecule has 138 valence electrons. The van der Waals surface area contributed by atoms with E-state index in [1.54, 1.807) is 17.0 Å². The molecule has 1 aliphatic heterocycles. The molecule has 2 amide bonds. The molecule has 1 saturated heterocycles. The minimum atomic E-state index is -3.02. The first-order valence-corrected chi connectivity index (χ1v) is 11.0. The predicted molar refractivity (Wildman–Crippen MR) is 101 cm³/mol. The number of rotatable bonds is 6. The lowest BCUT2D eigenvalue weighted by Crippen LogP contribution is -2.44. The third kappa shape index (κ3) is 5.47. The fraction of sp³-hybridized carbons (Fsp3) is 0.529. The zero-order valence-corrected chi connectivity index (χ0v) is 16.3. The van der Waals surface area contributed by atoms with E-state index in [4.69, 9.17) is 0 Å². The minimum absolute atomic E-state index is 0.0412. The molecular formula is C17H24N2O4S2. The number of amides is 2. The van der Waals surface area contributed by atoms with Gasteiger partial charge in [0, 0.05) is 30.1 Å². The third-order valence-electron chi connectivity index (χ3n) is 4.11. The largest absolute Gasteiger partial charge is 0.338 e. The fourth-order valence-electron chi connectivity index (χ4n) is 2.92. The maximum absolute atomic E-state index is 12.7. The molecule has 2 atom stereocenters. The summed E-state index contributed by atoms with van der Waals surface area (Å²) in [6, 6.07) is 7.09. The van der Waals surface area contributed by atoms with Crippen LogP contribution in [-0.2, 0) is 19.4 Å². The molecule has 1 heterocycles. The number of nitrogens with zero attached hydrogens (tertiary/aromatic N) is 1. The topological polar surface area (TPSA) is 83.6 Å². The average Bonchev–Trinajstić information content (AvgIpc) is 2.89. The van der Waals surface area contributed by atoms with Crippen LogP contribution in [-0.4, -0.2) is 54.5 Å². The first-order valence-electron chi connectivity index (χ1n) is 8.27. The highest BCUT2D eigenvalue weighted by atomic mass is 32.2. The quantitative estimate of drug-likeness (QED) is 0.760. The summed E-state index contributed by atoms with van der Waals surface area (Å²) >= 11 is 1.43. The molecule has 6 nitrogen and oxygen atoms in total. The maximum Gasteiger partial charge on any atom is 0.236 e. The van der Waals surface area contributed by atoms with Crippen LogP contribution in [0.1, 0.15) is 27.2 Å². The fourth-order valence-corrected chi connectivity index (χ4v) is 5.59. The molecule has 0 unspecified atom stereocenters. The summed E-state index contributed by atoms with van der Waals surface area (Å²) in [5.41, 5.74) is 0.710. The van der Waals surface area contributed by atoms with Crippen molar-refractivity contribution in [2.24, 2.45) is 0 Å². The van der Waals surface area contributed by atoms with Gasteiger partial charge in [0.25, 0.3) is 0 Å². The van der Waals surface area contributed by atoms with Crippen LogP contribution in [0.5, 0.6) is 0 Å². The van der Waals surface area contributed by atoms with E-state index >= 15 is 0 Å². The number of sulfone groups is 1. The van der Waals surface area contributed by atoms with Crippen molar-refractivity contribution < 1.29 is 18.0 Å². The molecule has 0 spiro atoms. The van der Waals surface area contributed by atoms with Gasteiger partial charge in [-0.05, 0) is 44.5 Å². The van der Waals surface area contributed by atoms with Gasteiger partial charge in [-0.3, -0.25) is 9.59 Å². The molecule has 1 N–H and O–H groups in total. The van der Waals surface area contributed by atoms with Crippen LogP contribution in [0.3, 0.4) is 0 Å². The van der Waals surface area contributed by atoms with Gasteiger partial charge in [-0.25, -0.2) is 8.42 Å². The first kappa shape index (κ1) is 19.8. The molecule has 0 radical (unpaired) electrons. The number of benzene rings is 1. The Balaban J connectivity index is 2.00. The molecule has 0 saturated carbocycles. The van der Waals surface area contributed by atoms with Crippen LogP contribution in [0.15, 0.2) is 29.2 Å². The Morgan fingerprint density at radius 1 is 1.32 bits per heavy atom. The molecule has 0 aromatic heterocycles. The molecular weight excluding hydrogens is 360 g/mol. The second-order valence-electron chi connectivity index (χ2n) is 6.15. The molecule has 2 rings (SSSR count). The summed E-state index contributed by atoms with van der Waals surface area (Å²) in [7, 11) is -3.02. The van der Waals surface area contributed by atoms with Gasteiger partial charge >= 0.3 is 0 Å². The lowest BCUT2D eigenvalue weighted by molar-refractivity contribution is -0.131. The van der Waals surface area contributed by atoms with Gasteiger partial charge in [-0.1, -0.05) is 0 Å². The normalized spacial score (nSPS) is 20.0. The van der Waals surface area contributed by atoms with E-state index in [1.165, 1.54) is 18.7 Å². The van der Waals surface area contributed by atoms with Crippen molar-refractivity contribution in [3.8, 4) is 0 Å². The number of thioether (sulfide) groups is 1. The second-order valence-corrected chi connectivity index (χ2v) is 9.79. The van der Waals surface area contributed by atoms with Crippen LogP contribution in [0, 0.1) is 0 Å². The maximum atomic E-state index is 12.7. The van der Waals surface area contributed by atoms with E-state index in [2.05, 4.69) is 5.32 Å². The molecule has 25 heavy (non-hydrogen) atoms. The summed E-state index contributed by atoms with van der Waals surface area (Å²) in [5.74, 6) is 0.0535. The Morgan fingerprint density at radius 3 is 2.44 bits per heavy atom.